The highest BCUT2D eigenvalue weighted by Crippen LogP contribution is 2.26. The van der Waals surface area contributed by atoms with Crippen LogP contribution < -0.4 is 5.32 Å². The summed E-state index contributed by atoms with van der Waals surface area (Å²) < 4.78 is 0. The van der Waals surface area contributed by atoms with Gasteiger partial charge in [0.05, 0.1) is 5.92 Å². The van der Waals surface area contributed by atoms with Crippen molar-refractivity contribution in [2.45, 2.75) is 51.9 Å². The first kappa shape index (κ1) is 16.1. The van der Waals surface area contributed by atoms with Gasteiger partial charge < -0.3 is 15.3 Å². The van der Waals surface area contributed by atoms with Gasteiger partial charge in [0.15, 0.2) is 0 Å². The molecule has 1 saturated carbocycles. The molecule has 2 aliphatic rings. The van der Waals surface area contributed by atoms with E-state index in [4.69, 9.17) is 5.11 Å². The van der Waals surface area contributed by atoms with Crippen LogP contribution in [0.25, 0.3) is 0 Å². The molecule has 2 amide bonds. The number of nitrogens with zero attached hydrogens (tertiary/aromatic N) is 1. The summed E-state index contributed by atoms with van der Waals surface area (Å²) in [6, 6.07) is -0.0939. The number of amides is 2. The Bertz CT molecular complexity index is 367. The number of carbonyl (C=O) groups is 2. The first-order chi connectivity index (χ1) is 10.1. The molecule has 0 bridgehead atoms. The predicted molar refractivity (Wildman–Crippen MR) is 81.1 cm³/mol. The summed E-state index contributed by atoms with van der Waals surface area (Å²) in [5.74, 6) is -0.200. The molecule has 2 N–H and O–H groups in total. The van der Waals surface area contributed by atoms with E-state index in [9.17, 15) is 9.59 Å². The zero-order chi connectivity index (χ0) is 15.2. The van der Waals surface area contributed by atoms with Crippen LogP contribution in [0.5, 0.6) is 0 Å². The Hall–Kier alpha value is -1.26. The van der Waals surface area contributed by atoms with Gasteiger partial charge in [0, 0.05) is 19.6 Å². The van der Waals surface area contributed by atoms with Crippen molar-refractivity contribution in [2.24, 2.45) is 17.8 Å². The number of urea groups is 1. The zero-order valence-corrected chi connectivity index (χ0v) is 13.0. The molecule has 120 valence electrons. The Kier molecular flexibility index (Phi) is 5.88. The molecule has 1 aliphatic carbocycles. The first-order valence-electron chi connectivity index (χ1n) is 8.32. The van der Waals surface area contributed by atoms with Gasteiger partial charge >= 0.3 is 12.0 Å². The number of nitrogens with one attached hydrogen (secondary N) is 1. The minimum Gasteiger partial charge on any atom is -0.481 e. The lowest BCUT2D eigenvalue weighted by molar-refractivity contribution is -0.143. The maximum atomic E-state index is 12.2. The van der Waals surface area contributed by atoms with E-state index in [-0.39, 0.29) is 11.9 Å². The van der Waals surface area contributed by atoms with Crippen molar-refractivity contribution in [3.05, 3.63) is 0 Å². The second-order valence-electron chi connectivity index (χ2n) is 6.81. The second-order valence-corrected chi connectivity index (χ2v) is 6.81. The third-order valence-corrected chi connectivity index (χ3v) is 4.85. The predicted octanol–water partition coefficient (Wildman–Crippen LogP) is 2.71. The molecule has 0 radical (unpaired) electrons. The second kappa shape index (κ2) is 7.66. The van der Waals surface area contributed by atoms with Crippen LogP contribution in [-0.4, -0.2) is 41.6 Å². The number of rotatable bonds is 4. The summed E-state index contributed by atoms with van der Waals surface area (Å²) in [4.78, 5) is 25.0. The molecule has 2 rings (SSSR count). The van der Waals surface area contributed by atoms with Crippen molar-refractivity contribution in [1.82, 2.24) is 10.2 Å². The quantitative estimate of drug-likeness (QED) is 0.838. The van der Waals surface area contributed by atoms with Gasteiger partial charge in [-0.1, -0.05) is 39.0 Å². The fraction of sp³-hybridized carbons (Fsp3) is 0.875. The van der Waals surface area contributed by atoms with Crippen LogP contribution in [0.15, 0.2) is 0 Å². The van der Waals surface area contributed by atoms with Crippen molar-refractivity contribution in [2.75, 3.05) is 19.6 Å². The van der Waals surface area contributed by atoms with Crippen LogP contribution in [0.3, 0.4) is 0 Å². The maximum absolute atomic E-state index is 12.2. The number of hydrogen-bond donors (Lipinski definition) is 2. The van der Waals surface area contributed by atoms with Crippen molar-refractivity contribution in [3.63, 3.8) is 0 Å². The lowest BCUT2D eigenvalue weighted by atomic mass is 9.87. The van der Waals surface area contributed by atoms with Crippen LogP contribution in [0.1, 0.15) is 51.9 Å². The standard InChI is InChI=1S/C16H28N2O3/c1-12-9-14(15(19)20)11-18(10-12)16(21)17-8-7-13-5-3-2-4-6-13/h12-14H,2-11H2,1H3,(H,17,21)(H,19,20). The molecular weight excluding hydrogens is 268 g/mol. The summed E-state index contributed by atoms with van der Waals surface area (Å²) in [7, 11) is 0. The minimum absolute atomic E-state index is 0.0939. The number of aliphatic carboxylic acids is 1. The fourth-order valence-electron chi connectivity index (χ4n) is 3.67. The van der Waals surface area contributed by atoms with E-state index in [1.807, 2.05) is 6.92 Å². The average molecular weight is 296 g/mol. The highest BCUT2D eigenvalue weighted by atomic mass is 16.4. The van der Waals surface area contributed by atoms with Gasteiger partial charge in [-0.3, -0.25) is 4.79 Å². The van der Waals surface area contributed by atoms with Crippen LogP contribution in [0.2, 0.25) is 0 Å². The maximum Gasteiger partial charge on any atom is 0.317 e. The number of hydrogen-bond acceptors (Lipinski definition) is 2. The van der Waals surface area contributed by atoms with E-state index in [0.29, 0.717) is 26.1 Å². The summed E-state index contributed by atoms with van der Waals surface area (Å²) in [6.07, 6.45) is 8.30. The molecular formula is C16H28N2O3. The number of carbonyl (C=O) groups excluding carboxylic acids is 1. The van der Waals surface area contributed by atoms with Crippen molar-refractivity contribution in [3.8, 4) is 0 Å². The van der Waals surface area contributed by atoms with Gasteiger partial charge in [0.25, 0.3) is 0 Å². The van der Waals surface area contributed by atoms with Crippen LogP contribution >= 0.6 is 0 Å². The number of carboxylic acids is 1. The Morgan fingerprint density at radius 2 is 1.90 bits per heavy atom. The molecule has 0 aromatic carbocycles. The monoisotopic (exact) mass is 296 g/mol. The van der Waals surface area contributed by atoms with Gasteiger partial charge in [0.1, 0.15) is 0 Å². The largest absolute Gasteiger partial charge is 0.481 e. The lowest BCUT2D eigenvalue weighted by Gasteiger charge is -2.34. The first-order valence-corrected chi connectivity index (χ1v) is 8.32. The highest BCUT2D eigenvalue weighted by Gasteiger charge is 2.31. The van der Waals surface area contributed by atoms with Gasteiger partial charge in [0.2, 0.25) is 0 Å². The van der Waals surface area contributed by atoms with Gasteiger partial charge in [-0.25, -0.2) is 4.79 Å². The molecule has 0 spiro atoms. The minimum atomic E-state index is -0.790. The lowest BCUT2D eigenvalue weighted by Crippen LogP contribution is -2.49. The third-order valence-electron chi connectivity index (χ3n) is 4.85. The summed E-state index contributed by atoms with van der Waals surface area (Å²) >= 11 is 0. The smallest absolute Gasteiger partial charge is 0.317 e. The molecule has 1 heterocycles. The molecule has 21 heavy (non-hydrogen) atoms. The van der Waals surface area contributed by atoms with Gasteiger partial charge in [-0.2, -0.15) is 0 Å². The molecule has 2 atom stereocenters. The summed E-state index contributed by atoms with van der Waals surface area (Å²) in [5.41, 5.74) is 0. The molecule has 5 nitrogen and oxygen atoms in total. The van der Waals surface area contributed by atoms with Crippen LogP contribution in [0, 0.1) is 17.8 Å². The zero-order valence-electron chi connectivity index (χ0n) is 13.0. The Morgan fingerprint density at radius 3 is 2.57 bits per heavy atom. The summed E-state index contributed by atoms with van der Waals surface area (Å²) in [5, 5.41) is 12.1. The molecule has 0 aromatic rings. The molecule has 1 saturated heterocycles. The van der Waals surface area contributed by atoms with Crippen LogP contribution in [-0.2, 0) is 4.79 Å². The third kappa shape index (κ3) is 4.90. The highest BCUT2D eigenvalue weighted by molar-refractivity contribution is 5.76. The van der Waals surface area contributed by atoms with Gasteiger partial charge in [-0.15, -0.1) is 0 Å². The molecule has 5 heteroatoms. The van der Waals surface area contributed by atoms with E-state index >= 15 is 0 Å². The number of likely N-dealkylation sites (tertiary alicyclic amines) is 1. The Morgan fingerprint density at radius 1 is 1.19 bits per heavy atom. The topological polar surface area (TPSA) is 69.6 Å². The van der Waals surface area contributed by atoms with E-state index in [0.717, 1.165) is 12.3 Å². The van der Waals surface area contributed by atoms with Crippen molar-refractivity contribution in [1.29, 1.82) is 0 Å². The summed E-state index contributed by atoms with van der Waals surface area (Å²) in [6.45, 7) is 3.73. The van der Waals surface area contributed by atoms with Crippen LogP contribution in [0.4, 0.5) is 4.79 Å². The number of piperidine rings is 1. The Labute approximate surface area is 127 Å². The van der Waals surface area contributed by atoms with E-state index in [1.165, 1.54) is 32.1 Å². The van der Waals surface area contributed by atoms with Gasteiger partial charge in [-0.05, 0) is 24.7 Å². The Balaban J connectivity index is 1.72. The van der Waals surface area contributed by atoms with Crippen molar-refractivity contribution < 1.29 is 14.7 Å². The van der Waals surface area contributed by atoms with E-state index in [2.05, 4.69) is 5.32 Å². The molecule has 0 aromatic heterocycles. The van der Waals surface area contributed by atoms with E-state index < -0.39 is 11.9 Å². The average Bonchev–Trinajstić information content (AvgIpc) is 2.47. The molecule has 2 fully saturated rings. The fourth-order valence-corrected chi connectivity index (χ4v) is 3.67. The number of carboxylic acid groups (broad SMARTS) is 1. The van der Waals surface area contributed by atoms with E-state index in [1.54, 1.807) is 4.90 Å². The normalized spacial score (nSPS) is 27.4. The SMILES string of the molecule is CC1CC(C(=O)O)CN(C(=O)NCCC2CCCCC2)C1. The molecule has 2 unspecified atom stereocenters. The molecule has 1 aliphatic heterocycles. The van der Waals surface area contributed by atoms with Crippen molar-refractivity contribution >= 4 is 12.0 Å².